The summed E-state index contributed by atoms with van der Waals surface area (Å²) in [6.45, 7) is 1.30. The fourth-order valence-corrected chi connectivity index (χ4v) is 4.98. The first-order valence-corrected chi connectivity index (χ1v) is 11.8. The molecule has 2 aromatic rings. The third kappa shape index (κ3) is 4.36. The lowest BCUT2D eigenvalue weighted by atomic mass is 9.88. The summed E-state index contributed by atoms with van der Waals surface area (Å²) in [6.07, 6.45) is 9.38. The summed E-state index contributed by atoms with van der Waals surface area (Å²) in [5.41, 5.74) is 2.39. The molecule has 0 atom stereocenters. The molecule has 1 saturated heterocycles. The standard InChI is InChI=1S/C24H31N5O2/c30-23(18-7-3-1-4-8-18)25-19-13-15-28(16-14-19)24(31)21-22(17-11-12-17)29(27-26-21)20-9-5-2-6-10-20/h2,5-6,9-10,17-19H,1,3-4,7-8,11-16H2,(H,25,30). The Hall–Kier alpha value is -2.70. The van der Waals surface area contributed by atoms with Gasteiger partial charge in [-0.25, -0.2) is 4.68 Å². The highest BCUT2D eigenvalue weighted by molar-refractivity contribution is 5.94. The molecule has 2 amide bonds. The predicted octanol–water partition coefficient (Wildman–Crippen LogP) is 3.45. The maximum Gasteiger partial charge on any atom is 0.276 e. The Morgan fingerprint density at radius 2 is 1.61 bits per heavy atom. The number of benzene rings is 1. The third-order valence-corrected chi connectivity index (χ3v) is 6.98. The number of para-hydroxylation sites is 1. The molecule has 7 heteroatoms. The van der Waals surface area contributed by atoms with Crippen LogP contribution in [0.4, 0.5) is 0 Å². The highest BCUT2D eigenvalue weighted by atomic mass is 16.2. The molecule has 0 unspecified atom stereocenters. The van der Waals surface area contributed by atoms with Crippen molar-refractivity contribution in [3.63, 3.8) is 0 Å². The zero-order valence-electron chi connectivity index (χ0n) is 18.0. The van der Waals surface area contributed by atoms with E-state index in [1.165, 1.54) is 6.42 Å². The number of nitrogens with one attached hydrogen (secondary N) is 1. The van der Waals surface area contributed by atoms with Crippen LogP contribution in [0.1, 0.15) is 79.9 Å². The second kappa shape index (κ2) is 8.81. The lowest BCUT2D eigenvalue weighted by molar-refractivity contribution is -0.126. The van der Waals surface area contributed by atoms with Gasteiger partial charge in [-0.1, -0.05) is 42.7 Å². The molecular formula is C24H31N5O2. The Kier molecular flexibility index (Phi) is 5.74. The number of piperidine rings is 1. The van der Waals surface area contributed by atoms with Crippen molar-refractivity contribution in [1.29, 1.82) is 0 Å². The molecular weight excluding hydrogens is 390 g/mol. The lowest BCUT2D eigenvalue weighted by Crippen LogP contribution is -2.48. The first kappa shape index (κ1) is 20.2. The van der Waals surface area contributed by atoms with Crippen LogP contribution in [0, 0.1) is 5.92 Å². The van der Waals surface area contributed by atoms with Crippen molar-refractivity contribution < 1.29 is 9.59 Å². The van der Waals surface area contributed by atoms with Gasteiger partial charge in [-0.2, -0.15) is 0 Å². The Bertz CT molecular complexity index is 923. The van der Waals surface area contributed by atoms with Crippen molar-refractivity contribution >= 4 is 11.8 Å². The largest absolute Gasteiger partial charge is 0.353 e. The van der Waals surface area contributed by atoms with Gasteiger partial charge in [0.15, 0.2) is 5.69 Å². The monoisotopic (exact) mass is 421 g/mol. The summed E-state index contributed by atoms with van der Waals surface area (Å²) < 4.78 is 1.84. The Labute approximate surface area is 183 Å². The molecule has 5 rings (SSSR count). The van der Waals surface area contributed by atoms with Gasteiger partial charge in [-0.3, -0.25) is 9.59 Å². The van der Waals surface area contributed by atoms with E-state index in [1.807, 2.05) is 39.9 Å². The molecule has 1 aliphatic heterocycles. The maximum atomic E-state index is 13.3. The van der Waals surface area contributed by atoms with Crippen LogP contribution in [0.2, 0.25) is 0 Å². The molecule has 31 heavy (non-hydrogen) atoms. The first-order chi connectivity index (χ1) is 15.2. The fraction of sp³-hybridized carbons (Fsp3) is 0.583. The molecule has 164 valence electrons. The van der Waals surface area contributed by atoms with Crippen LogP contribution in [0.5, 0.6) is 0 Å². The van der Waals surface area contributed by atoms with Gasteiger partial charge in [0.2, 0.25) is 5.91 Å². The van der Waals surface area contributed by atoms with Gasteiger partial charge in [0, 0.05) is 31.0 Å². The van der Waals surface area contributed by atoms with Crippen molar-refractivity contribution in [1.82, 2.24) is 25.2 Å². The van der Waals surface area contributed by atoms with Gasteiger partial charge in [0.25, 0.3) is 5.91 Å². The summed E-state index contributed by atoms with van der Waals surface area (Å²) >= 11 is 0. The van der Waals surface area contributed by atoms with Crippen molar-refractivity contribution in [3.8, 4) is 5.69 Å². The zero-order chi connectivity index (χ0) is 21.2. The molecule has 2 saturated carbocycles. The van der Waals surface area contributed by atoms with E-state index in [0.29, 0.717) is 24.7 Å². The highest BCUT2D eigenvalue weighted by Crippen LogP contribution is 2.42. The average Bonchev–Trinajstić information content (AvgIpc) is 3.58. The molecule has 2 heterocycles. The molecule has 1 N–H and O–H groups in total. The van der Waals surface area contributed by atoms with Gasteiger partial charge in [-0.05, 0) is 50.7 Å². The van der Waals surface area contributed by atoms with E-state index in [-0.39, 0.29) is 23.8 Å². The van der Waals surface area contributed by atoms with E-state index < -0.39 is 0 Å². The predicted molar refractivity (Wildman–Crippen MR) is 117 cm³/mol. The van der Waals surface area contributed by atoms with E-state index >= 15 is 0 Å². The lowest BCUT2D eigenvalue weighted by Gasteiger charge is -2.33. The number of likely N-dealkylation sites (tertiary alicyclic amines) is 1. The molecule has 1 aromatic carbocycles. The molecule has 2 aliphatic carbocycles. The van der Waals surface area contributed by atoms with Crippen LogP contribution < -0.4 is 5.32 Å². The van der Waals surface area contributed by atoms with Crippen molar-refractivity contribution in [2.75, 3.05) is 13.1 Å². The Morgan fingerprint density at radius 1 is 0.903 bits per heavy atom. The number of nitrogens with zero attached hydrogens (tertiary/aromatic N) is 4. The number of amides is 2. The van der Waals surface area contributed by atoms with E-state index in [1.54, 1.807) is 0 Å². The van der Waals surface area contributed by atoms with Crippen LogP contribution in [0.25, 0.3) is 5.69 Å². The van der Waals surface area contributed by atoms with E-state index in [0.717, 1.165) is 62.7 Å². The van der Waals surface area contributed by atoms with E-state index in [4.69, 9.17) is 0 Å². The van der Waals surface area contributed by atoms with Crippen LogP contribution >= 0.6 is 0 Å². The third-order valence-electron chi connectivity index (χ3n) is 6.98. The highest BCUT2D eigenvalue weighted by Gasteiger charge is 2.36. The second-order valence-electron chi connectivity index (χ2n) is 9.25. The summed E-state index contributed by atoms with van der Waals surface area (Å²) in [5, 5.41) is 11.9. The average molecular weight is 422 g/mol. The number of carbonyl (C=O) groups is 2. The van der Waals surface area contributed by atoms with Crippen LogP contribution in [-0.4, -0.2) is 50.8 Å². The molecule has 3 fully saturated rings. The van der Waals surface area contributed by atoms with Gasteiger partial charge in [0.1, 0.15) is 0 Å². The summed E-state index contributed by atoms with van der Waals surface area (Å²) in [5.74, 6) is 0.733. The smallest absolute Gasteiger partial charge is 0.276 e. The van der Waals surface area contributed by atoms with Crippen LogP contribution in [0.15, 0.2) is 30.3 Å². The summed E-state index contributed by atoms with van der Waals surface area (Å²) in [7, 11) is 0. The first-order valence-electron chi connectivity index (χ1n) is 11.8. The quantitative estimate of drug-likeness (QED) is 0.802. The molecule has 0 radical (unpaired) electrons. The Balaban J connectivity index is 1.23. The van der Waals surface area contributed by atoms with Crippen molar-refractivity contribution in [2.24, 2.45) is 5.92 Å². The minimum atomic E-state index is -0.0267. The van der Waals surface area contributed by atoms with Gasteiger partial charge >= 0.3 is 0 Å². The van der Waals surface area contributed by atoms with Crippen LogP contribution in [0.3, 0.4) is 0 Å². The van der Waals surface area contributed by atoms with E-state index in [2.05, 4.69) is 15.6 Å². The molecule has 0 spiro atoms. The summed E-state index contributed by atoms with van der Waals surface area (Å²) in [6, 6.07) is 10.1. The molecule has 7 nitrogen and oxygen atoms in total. The van der Waals surface area contributed by atoms with Crippen LogP contribution in [-0.2, 0) is 4.79 Å². The molecule has 0 bridgehead atoms. The number of hydrogen-bond donors (Lipinski definition) is 1. The van der Waals surface area contributed by atoms with Crippen molar-refractivity contribution in [2.45, 2.75) is 69.7 Å². The van der Waals surface area contributed by atoms with Gasteiger partial charge in [0.05, 0.1) is 11.4 Å². The van der Waals surface area contributed by atoms with Crippen molar-refractivity contribution in [3.05, 3.63) is 41.7 Å². The number of aromatic nitrogens is 3. The zero-order valence-corrected chi connectivity index (χ0v) is 18.0. The minimum Gasteiger partial charge on any atom is -0.353 e. The van der Waals surface area contributed by atoms with Gasteiger partial charge in [-0.15, -0.1) is 5.10 Å². The maximum absolute atomic E-state index is 13.3. The molecule has 1 aromatic heterocycles. The number of rotatable bonds is 5. The SMILES string of the molecule is O=C(NC1CCN(C(=O)c2nnn(-c3ccccc3)c2C2CC2)CC1)C1CCCCC1. The normalized spacial score (nSPS) is 20.6. The number of carbonyl (C=O) groups excluding carboxylic acids is 2. The second-order valence-corrected chi connectivity index (χ2v) is 9.25. The Morgan fingerprint density at radius 3 is 2.29 bits per heavy atom. The minimum absolute atomic E-state index is 0.0267. The topological polar surface area (TPSA) is 80.1 Å². The number of hydrogen-bond acceptors (Lipinski definition) is 4. The molecule has 3 aliphatic rings. The van der Waals surface area contributed by atoms with E-state index in [9.17, 15) is 9.59 Å². The summed E-state index contributed by atoms with van der Waals surface area (Å²) in [4.78, 5) is 27.7. The fourth-order valence-electron chi connectivity index (χ4n) is 4.98. The van der Waals surface area contributed by atoms with Gasteiger partial charge < -0.3 is 10.2 Å².